The first kappa shape index (κ1) is 3.05. The van der Waals surface area contributed by atoms with E-state index in [0.717, 1.165) is 0 Å². The van der Waals surface area contributed by atoms with Crippen LogP contribution in [-0.4, -0.2) is 24.3 Å². The Morgan fingerprint density at radius 1 is 1.86 bits per heavy atom. The van der Waals surface area contributed by atoms with Gasteiger partial charge in [-0.3, -0.25) is 0 Å². The molecule has 0 spiro atoms. The lowest BCUT2D eigenvalue weighted by molar-refractivity contribution is 0.137. The predicted octanol–water partition coefficient (Wildman–Crippen LogP) is -0.269. The second-order valence-corrected chi connectivity index (χ2v) is 1.65. The molecule has 2 nitrogen and oxygen atoms in total. The van der Waals surface area contributed by atoms with Crippen LogP contribution in [0.25, 0.3) is 0 Å². The van der Waals surface area contributed by atoms with Crippen LogP contribution >= 0.6 is 0 Å². The van der Waals surface area contributed by atoms with Gasteiger partial charge in [0.15, 0.2) is 0 Å². The Morgan fingerprint density at radius 3 is 3.29 bits per heavy atom. The quantitative estimate of drug-likeness (QED) is 0.442. The molecule has 0 radical (unpaired) electrons. The first-order chi connectivity index (χ1) is 4.20. The fourth-order valence-electron chi connectivity index (χ4n) is 0.588. The van der Waals surface area contributed by atoms with Crippen LogP contribution in [0.2, 0.25) is 0 Å². The van der Waals surface area contributed by atoms with Crippen molar-refractivity contribution in [3.8, 4) is 0 Å². The van der Waals surface area contributed by atoms with E-state index < -0.39 is 12.5 Å². The summed E-state index contributed by atoms with van der Waals surface area (Å²) < 4.78 is 14.3. The molecule has 2 N–H and O–H groups in total. The molecule has 0 saturated carbocycles. The molecule has 0 aromatic carbocycles. The molecule has 2 heteroatoms. The average molecular weight is 103 g/mol. The molecular formula is C5H11NO. The maximum atomic E-state index is 9.00. The van der Waals surface area contributed by atoms with Crippen molar-refractivity contribution in [2.75, 3.05) is 13.1 Å². The van der Waals surface area contributed by atoms with Crippen LogP contribution in [0.4, 0.5) is 0 Å². The number of nitrogens with one attached hydrogen (secondary N) is 1. The van der Waals surface area contributed by atoms with Gasteiger partial charge in [-0.2, -0.15) is 0 Å². The highest BCUT2D eigenvalue weighted by molar-refractivity contribution is 4.65. The van der Waals surface area contributed by atoms with Gasteiger partial charge >= 0.3 is 0 Å². The van der Waals surface area contributed by atoms with Gasteiger partial charge < -0.3 is 10.4 Å². The van der Waals surface area contributed by atoms with Crippen LogP contribution < -0.4 is 5.32 Å². The Morgan fingerprint density at radius 2 is 2.71 bits per heavy atom. The Bertz CT molecular complexity index is 101. The molecule has 3 atom stereocenters. The van der Waals surface area contributed by atoms with E-state index in [2.05, 4.69) is 5.32 Å². The third-order valence-corrected chi connectivity index (χ3v) is 1.01. The Labute approximate surface area is 46.3 Å². The number of hydrogen-bond acceptors (Lipinski definition) is 2. The van der Waals surface area contributed by atoms with Crippen molar-refractivity contribution in [2.45, 2.75) is 18.9 Å². The number of piperidine rings is 1. The molecule has 3 unspecified atom stereocenters. The molecule has 0 aromatic rings. The lowest BCUT2D eigenvalue weighted by Gasteiger charge is -2.16. The summed E-state index contributed by atoms with van der Waals surface area (Å²) in [7, 11) is 0. The zero-order valence-corrected chi connectivity index (χ0v) is 4.09. The van der Waals surface area contributed by atoms with Gasteiger partial charge in [0.1, 0.15) is 0 Å². The van der Waals surface area contributed by atoms with Crippen LogP contribution in [0.3, 0.4) is 0 Å². The minimum Gasteiger partial charge on any atom is -0.393 e. The molecule has 42 valence electrons. The number of hydrogen-bond donors (Lipinski definition) is 2. The van der Waals surface area contributed by atoms with Gasteiger partial charge in [-0.1, -0.05) is 0 Å². The number of aliphatic hydroxyl groups is 1. The molecule has 1 heterocycles. The van der Waals surface area contributed by atoms with Gasteiger partial charge in [-0.15, -0.1) is 0 Å². The fourth-order valence-corrected chi connectivity index (χ4v) is 0.588. The summed E-state index contributed by atoms with van der Waals surface area (Å²) in [5, 5.41) is 11.8. The molecule has 1 rings (SSSR count). The number of rotatable bonds is 0. The van der Waals surface area contributed by atoms with Crippen LogP contribution in [-0.2, 0) is 0 Å². The largest absolute Gasteiger partial charge is 0.393 e. The summed E-state index contributed by atoms with van der Waals surface area (Å²) in [4.78, 5) is 0. The van der Waals surface area contributed by atoms with Crippen LogP contribution in [0.15, 0.2) is 0 Å². The van der Waals surface area contributed by atoms with Gasteiger partial charge in [-0.25, -0.2) is 0 Å². The highest BCUT2D eigenvalue weighted by Gasteiger charge is 2.06. The summed E-state index contributed by atoms with van der Waals surface area (Å²) in [5.41, 5.74) is 0. The molecule has 7 heavy (non-hydrogen) atoms. The molecule has 1 fully saturated rings. The molecule has 1 aliphatic rings. The third kappa shape index (κ3) is 1.45. The Kier molecular flexibility index (Phi) is 0.995. The van der Waals surface area contributed by atoms with E-state index >= 15 is 0 Å². The minimum atomic E-state index is -0.603. The van der Waals surface area contributed by atoms with Gasteiger partial charge in [-0.05, 0) is 25.9 Å². The normalized spacial score (nSPS) is 58.1. The Hall–Kier alpha value is -0.0800. The summed E-state index contributed by atoms with van der Waals surface area (Å²) in [6.07, 6.45) is -0.658. The zero-order chi connectivity index (χ0) is 6.85. The number of aliphatic hydroxyl groups excluding tert-OH is 1. The smallest absolute Gasteiger partial charge is 0.0564 e. The van der Waals surface area contributed by atoms with Gasteiger partial charge in [0.25, 0.3) is 0 Å². The van der Waals surface area contributed by atoms with E-state index in [-0.39, 0.29) is 6.52 Å². The molecule has 0 amide bonds. The molecule has 0 bridgehead atoms. The van der Waals surface area contributed by atoms with Crippen LogP contribution in [0.1, 0.15) is 15.6 Å². The Balaban J connectivity index is 2.35. The van der Waals surface area contributed by atoms with Crippen molar-refractivity contribution < 1.29 is 7.85 Å². The third-order valence-electron chi connectivity index (χ3n) is 1.01. The second-order valence-electron chi connectivity index (χ2n) is 1.65. The van der Waals surface area contributed by atoms with Crippen molar-refractivity contribution in [2.24, 2.45) is 0 Å². The van der Waals surface area contributed by atoms with E-state index in [1.54, 1.807) is 0 Å². The van der Waals surface area contributed by atoms with Crippen molar-refractivity contribution in [3.63, 3.8) is 0 Å². The highest BCUT2D eigenvalue weighted by Crippen LogP contribution is 1.99. The van der Waals surface area contributed by atoms with E-state index in [1.165, 1.54) is 0 Å². The minimum absolute atomic E-state index is 0.374. The lowest BCUT2D eigenvalue weighted by atomic mass is 10.1. The van der Waals surface area contributed by atoms with Crippen molar-refractivity contribution in [3.05, 3.63) is 0 Å². The molecule has 1 saturated heterocycles. The van der Waals surface area contributed by atoms with E-state index in [9.17, 15) is 0 Å². The summed E-state index contributed by atoms with van der Waals surface area (Å²) in [6.45, 7) is 0.0663. The molecule has 0 aliphatic carbocycles. The average Bonchev–Trinajstić information content (AvgIpc) is 1.80. The fraction of sp³-hybridized carbons (Fsp3) is 1.00. The molecular weight excluding hydrogens is 90.1 g/mol. The lowest BCUT2D eigenvalue weighted by Crippen LogP contribution is -2.30. The van der Waals surface area contributed by atoms with Crippen molar-refractivity contribution >= 4 is 0 Å². The highest BCUT2D eigenvalue weighted by atomic mass is 16.3. The first-order valence-corrected chi connectivity index (χ1v) is 2.46. The van der Waals surface area contributed by atoms with Crippen LogP contribution in [0.5, 0.6) is 0 Å². The van der Waals surface area contributed by atoms with Gasteiger partial charge in [0.2, 0.25) is 0 Å². The van der Waals surface area contributed by atoms with Crippen LogP contribution in [0, 0.1) is 0 Å². The van der Waals surface area contributed by atoms with E-state index in [1.807, 2.05) is 0 Å². The van der Waals surface area contributed by atoms with E-state index in [0.29, 0.717) is 13.0 Å². The maximum Gasteiger partial charge on any atom is 0.0564 e. The second kappa shape index (κ2) is 2.28. The summed E-state index contributed by atoms with van der Waals surface area (Å²) >= 11 is 0. The standard InChI is InChI=1S/C5H11NO/c7-5-1-3-6-4-2-5/h5-7H,1-4H2/i1D,4D. The SMILES string of the molecule is [2H]C1CC(O)C([2H])CN1. The zero-order valence-electron chi connectivity index (χ0n) is 6.09. The molecule has 0 aromatic heterocycles. The summed E-state index contributed by atoms with van der Waals surface area (Å²) in [5.74, 6) is 0. The molecule has 1 aliphatic heterocycles. The predicted molar refractivity (Wildman–Crippen MR) is 28.1 cm³/mol. The summed E-state index contributed by atoms with van der Waals surface area (Å²) in [6, 6.07) is 0. The van der Waals surface area contributed by atoms with Gasteiger partial charge in [0.05, 0.1) is 6.10 Å². The first-order valence-electron chi connectivity index (χ1n) is 3.61. The van der Waals surface area contributed by atoms with Crippen molar-refractivity contribution in [1.29, 1.82) is 0 Å². The topological polar surface area (TPSA) is 32.3 Å². The monoisotopic (exact) mass is 103 g/mol. The van der Waals surface area contributed by atoms with Gasteiger partial charge in [0, 0.05) is 2.74 Å². The van der Waals surface area contributed by atoms with Crippen molar-refractivity contribution in [1.82, 2.24) is 5.32 Å². The maximum absolute atomic E-state index is 9.00. The van der Waals surface area contributed by atoms with E-state index in [4.69, 9.17) is 7.85 Å².